The van der Waals surface area contributed by atoms with Crippen LogP contribution in [0.15, 0.2) is 22.7 Å². The number of carboxylic acids is 1. The molecule has 4 nitrogen and oxygen atoms in total. The first-order chi connectivity index (χ1) is 7.75. The Balaban J connectivity index is 2.92. The number of hydrogen-bond acceptors (Lipinski definition) is 2. The molecule has 17 heavy (non-hydrogen) atoms. The highest BCUT2D eigenvalue weighted by Crippen LogP contribution is 2.23. The van der Waals surface area contributed by atoms with Gasteiger partial charge in [0.15, 0.2) is 0 Å². The molecule has 0 fully saturated rings. The van der Waals surface area contributed by atoms with Crippen LogP contribution in [0.2, 0.25) is 0 Å². The van der Waals surface area contributed by atoms with Crippen molar-refractivity contribution < 1.29 is 19.1 Å². The molecule has 0 atom stereocenters. The molecule has 0 heterocycles. The van der Waals surface area contributed by atoms with Crippen LogP contribution in [0.1, 0.15) is 13.8 Å². The van der Waals surface area contributed by atoms with Gasteiger partial charge in [-0.3, -0.25) is 9.59 Å². The number of halogens is 2. The van der Waals surface area contributed by atoms with E-state index < -0.39 is 23.1 Å². The first kappa shape index (κ1) is 13.6. The molecule has 0 aromatic heterocycles. The molecule has 0 saturated carbocycles. The molecule has 0 aliphatic rings. The summed E-state index contributed by atoms with van der Waals surface area (Å²) < 4.78 is 13.9. The molecule has 0 bridgehead atoms. The number of carboxylic acid groups (broad SMARTS) is 1. The molecule has 1 aromatic carbocycles. The third kappa shape index (κ3) is 3.03. The predicted molar refractivity (Wildman–Crippen MR) is 64.1 cm³/mol. The summed E-state index contributed by atoms with van der Waals surface area (Å²) in [6.07, 6.45) is 0. The largest absolute Gasteiger partial charge is 0.480 e. The fourth-order valence-electron chi connectivity index (χ4n) is 0.967. The zero-order valence-corrected chi connectivity index (χ0v) is 10.8. The Morgan fingerprint density at radius 1 is 1.41 bits per heavy atom. The second-order valence-corrected chi connectivity index (χ2v) is 4.92. The van der Waals surface area contributed by atoms with E-state index in [1.54, 1.807) is 6.07 Å². The summed E-state index contributed by atoms with van der Waals surface area (Å²) in [7, 11) is 0. The summed E-state index contributed by atoms with van der Waals surface area (Å²) >= 11 is 3.08. The molecule has 0 aliphatic heterocycles. The van der Waals surface area contributed by atoms with E-state index in [1.807, 2.05) is 0 Å². The van der Waals surface area contributed by atoms with Gasteiger partial charge in [0, 0.05) is 4.47 Å². The number of nitrogens with one attached hydrogen (secondary N) is 1. The van der Waals surface area contributed by atoms with Crippen molar-refractivity contribution in [1.82, 2.24) is 0 Å². The van der Waals surface area contributed by atoms with E-state index in [4.69, 9.17) is 5.11 Å². The van der Waals surface area contributed by atoms with Crippen LogP contribution in [0.4, 0.5) is 10.1 Å². The third-order valence-corrected chi connectivity index (χ3v) is 2.77. The molecule has 1 rings (SSSR count). The maximum absolute atomic E-state index is 13.4. The molecule has 0 saturated heterocycles. The normalized spacial score (nSPS) is 11.1. The zero-order chi connectivity index (χ0) is 13.2. The van der Waals surface area contributed by atoms with Crippen molar-refractivity contribution in [2.24, 2.45) is 5.41 Å². The summed E-state index contributed by atoms with van der Waals surface area (Å²) in [5, 5.41) is 11.1. The molecule has 1 aromatic rings. The topological polar surface area (TPSA) is 66.4 Å². The monoisotopic (exact) mass is 303 g/mol. The Labute approximate surface area is 106 Å². The maximum atomic E-state index is 13.4. The molecular weight excluding hydrogens is 293 g/mol. The van der Waals surface area contributed by atoms with Gasteiger partial charge in [-0.1, -0.05) is 15.9 Å². The van der Waals surface area contributed by atoms with Crippen molar-refractivity contribution >= 4 is 33.5 Å². The maximum Gasteiger partial charge on any atom is 0.318 e. The lowest BCUT2D eigenvalue weighted by molar-refractivity contribution is -0.151. The van der Waals surface area contributed by atoms with Crippen LogP contribution < -0.4 is 5.32 Å². The van der Waals surface area contributed by atoms with Crippen LogP contribution in [0.3, 0.4) is 0 Å². The van der Waals surface area contributed by atoms with Gasteiger partial charge in [-0.25, -0.2) is 4.39 Å². The van der Waals surface area contributed by atoms with Gasteiger partial charge in [-0.2, -0.15) is 0 Å². The molecule has 92 valence electrons. The number of aliphatic carboxylic acids is 1. The minimum Gasteiger partial charge on any atom is -0.480 e. The second-order valence-electron chi connectivity index (χ2n) is 4.01. The molecule has 0 spiro atoms. The van der Waals surface area contributed by atoms with Crippen molar-refractivity contribution in [2.75, 3.05) is 5.32 Å². The van der Waals surface area contributed by atoms with Crippen molar-refractivity contribution in [3.63, 3.8) is 0 Å². The standard InChI is InChI=1S/C11H11BrFNO3/c1-11(2,10(16)17)9(15)14-8-4-3-6(12)5-7(8)13/h3-5H,1-2H3,(H,14,15)(H,16,17). The van der Waals surface area contributed by atoms with Crippen molar-refractivity contribution in [3.05, 3.63) is 28.5 Å². The quantitative estimate of drug-likeness (QED) is 0.844. The van der Waals surface area contributed by atoms with E-state index in [-0.39, 0.29) is 5.69 Å². The van der Waals surface area contributed by atoms with Gasteiger partial charge < -0.3 is 10.4 Å². The summed E-state index contributed by atoms with van der Waals surface area (Å²) in [6, 6.07) is 4.09. The van der Waals surface area contributed by atoms with E-state index in [9.17, 15) is 14.0 Å². The summed E-state index contributed by atoms with van der Waals surface area (Å²) in [6.45, 7) is 2.50. The van der Waals surface area contributed by atoms with Crippen LogP contribution in [-0.2, 0) is 9.59 Å². The molecule has 6 heteroatoms. The Kier molecular flexibility index (Phi) is 3.87. The average molecular weight is 304 g/mol. The lowest BCUT2D eigenvalue weighted by Gasteiger charge is -2.18. The number of amides is 1. The Morgan fingerprint density at radius 2 is 2.00 bits per heavy atom. The van der Waals surface area contributed by atoms with E-state index in [2.05, 4.69) is 21.2 Å². The van der Waals surface area contributed by atoms with Gasteiger partial charge in [-0.05, 0) is 32.0 Å². The number of rotatable bonds is 3. The first-order valence-corrected chi connectivity index (χ1v) is 5.54. The second kappa shape index (κ2) is 4.83. The highest BCUT2D eigenvalue weighted by molar-refractivity contribution is 9.10. The average Bonchev–Trinajstić information content (AvgIpc) is 2.21. The van der Waals surface area contributed by atoms with Crippen LogP contribution in [0.25, 0.3) is 0 Å². The number of hydrogen-bond donors (Lipinski definition) is 2. The highest BCUT2D eigenvalue weighted by atomic mass is 79.9. The van der Waals surface area contributed by atoms with Gasteiger partial charge in [0.05, 0.1) is 5.69 Å². The van der Waals surface area contributed by atoms with Crippen LogP contribution in [0, 0.1) is 11.2 Å². The number of carbonyl (C=O) groups is 2. The summed E-state index contributed by atoms with van der Waals surface area (Å²) in [5.74, 6) is -2.67. The molecule has 2 N–H and O–H groups in total. The summed E-state index contributed by atoms with van der Waals surface area (Å²) in [5.41, 5.74) is -1.66. The summed E-state index contributed by atoms with van der Waals surface area (Å²) in [4.78, 5) is 22.5. The van der Waals surface area contributed by atoms with Gasteiger partial charge in [0.1, 0.15) is 11.2 Å². The van der Waals surface area contributed by atoms with Crippen molar-refractivity contribution in [3.8, 4) is 0 Å². The van der Waals surface area contributed by atoms with E-state index >= 15 is 0 Å². The fraction of sp³-hybridized carbons (Fsp3) is 0.273. The van der Waals surface area contributed by atoms with Crippen molar-refractivity contribution in [1.29, 1.82) is 0 Å². The van der Waals surface area contributed by atoms with E-state index in [0.717, 1.165) is 0 Å². The number of carbonyl (C=O) groups excluding carboxylic acids is 1. The minimum atomic E-state index is -1.61. The molecular formula is C11H11BrFNO3. The Hall–Kier alpha value is -1.43. The van der Waals surface area contributed by atoms with Crippen LogP contribution in [0.5, 0.6) is 0 Å². The Bertz CT molecular complexity index is 474. The molecule has 1 amide bonds. The predicted octanol–water partition coefficient (Wildman–Crippen LogP) is 2.64. The molecule has 0 radical (unpaired) electrons. The lowest BCUT2D eigenvalue weighted by Crippen LogP contribution is -2.38. The van der Waals surface area contributed by atoms with Crippen LogP contribution >= 0.6 is 15.9 Å². The number of anilines is 1. The van der Waals surface area contributed by atoms with Crippen LogP contribution in [-0.4, -0.2) is 17.0 Å². The van der Waals surface area contributed by atoms with E-state index in [0.29, 0.717) is 4.47 Å². The van der Waals surface area contributed by atoms with Gasteiger partial charge >= 0.3 is 5.97 Å². The fourth-order valence-corrected chi connectivity index (χ4v) is 1.30. The molecule has 0 unspecified atom stereocenters. The first-order valence-electron chi connectivity index (χ1n) is 4.75. The van der Waals surface area contributed by atoms with Gasteiger partial charge in [-0.15, -0.1) is 0 Å². The number of benzene rings is 1. The zero-order valence-electron chi connectivity index (χ0n) is 9.25. The van der Waals surface area contributed by atoms with Gasteiger partial charge in [0.2, 0.25) is 5.91 Å². The van der Waals surface area contributed by atoms with Gasteiger partial charge in [0.25, 0.3) is 0 Å². The minimum absolute atomic E-state index is 0.0486. The third-order valence-electron chi connectivity index (χ3n) is 2.28. The van der Waals surface area contributed by atoms with E-state index in [1.165, 1.54) is 26.0 Å². The van der Waals surface area contributed by atoms with Crippen molar-refractivity contribution in [2.45, 2.75) is 13.8 Å². The molecule has 0 aliphatic carbocycles. The highest BCUT2D eigenvalue weighted by Gasteiger charge is 2.36. The SMILES string of the molecule is CC(C)(C(=O)O)C(=O)Nc1ccc(Br)cc1F. The Morgan fingerprint density at radius 3 is 2.47 bits per heavy atom. The lowest BCUT2D eigenvalue weighted by atomic mass is 9.92. The smallest absolute Gasteiger partial charge is 0.318 e.